The number of nitrogens with zero attached hydrogens (tertiary/aromatic N) is 2. The van der Waals surface area contributed by atoms with Gasteiger partial charge in [-0.3, -0.25) is 9.48 Å². The Hall–Kier alpha value is -1.12. The van der Waals surface area contributed by atoms with E-state index in [0.29, 0.717) is 12.2 Å². The molecule has 100 valence electrons. The molecule has 1 aliphatic rings. The van der Waals surface area contributed by atoms with E-state index in [2.05, 4.69) is 25.0 Å². The Labute approximate surface area is 110 Å². The maximum atomic E-state index is 12.6. The molecule has 3 heteroatoms. The molecule has 1 aromatic heterocycles. The first-order chi connectivity index (χ1) is 8.61. The zero-order valence-corrected chi connectivity index (χ0v) is 11.8. The highest BCUT2D eigenvalue weighted by atomic mass is 16.1. The highest BCUT2D eigenvalue weighted by Gasteiger charge is 2.38. The summed E-state index contributed by atoms with van der Waals surface area (Å²) in [4.78, 5) is 12.6. The Morgan fingerprint density at radius 1 is 1.39 bits per heavy atom. The second kappa shape index (κ2) is 5.25. The van der Waals surface area contributed by atoms with Crippen LogP contribution in [-0.4, -0.2) is 15.6 Å². The molecule has 0 aliphatic heterocycles. The molecule has 0 radical (unpaired) electrons. The van der Waals surface area contributed by atoms with Crippen molar-refractivity contribution in [2.75, 3.05) is 0 Å². The Bertz CT molecular complexity index is 428. The van der Waals surface area contributed by atoms with E-state index < -0.39 is 0 Å². The zero-order chi connectivity index (χ0) is 13.2. The van der Waals surface area contributed by atoms with Gasteiger partial charge < -0.3 is 0 Å². The fourth-order valence-corrected chi connectivity index (χ4v) is 3.14. The molecule has 1 saturated carbocycles. The first-order valence-corrected chi connectivity index (χ1v) is 7.16. The van der Waals surface area contributed by atoms with Gasteiger partial charge in [0.25, 0.3) is 0 Å². The lowest BCUT2D eigenvalue weighted by atomic mass is 9.77. The zero-order valence-electron chi connectivity index (χ0n) is 11.8. The standard InChI is InChI=1S/C15H24N2O/c1-4-12-10-13(17(3)16-12)11-14(18)15(5-2)8-6-7-9-15/h10H,4-9,11H2,1-3H3. The van der Waals surface area contributed by atoms with E-state index in [9.17, 15) is 4.79 Å². The van der Waals surface area contributed by atoms with Crippen molar-refractivity contribution in [1.82, 2.24) is 9.78 Å². The molecule has 18 heavy (non-hydrogen) atoms. The van der Waals surface area contributed by atoms with E-state index >= 15 is 0 Å². The third-order valence-electron chi connectivity index (χ3n) is 4.56. The molecule has 1 aliphatic carbocycles. The second-order valence-electron chi connectivity index (χ2n) is 5.55. The van der Waals surface area contributed by atoms with Crippen LogP contribution >= 0.6 is 0 Å². The lowest BCUT2D eigenvalue weighted by molar-refractivity contribution is -0.128. The van der Waals surface area contributed by atoms with Gasteiger partial charge in [0.15, 0.2) is 0 Å². The largest absolute Gasteiger partial charge is 0.299 e. The Morgan fingerprint density at radius 2 is 2.06 bits per heavy atom. The maximum absolute atomic E-state index is 12.6. The summed E-state index contributed by atoms with van der Waals surface area (Å²) < 4.78 is 1.87. The summed E-state index contributed by atoms with van der Waals surface area (Å²) in [5.74, 6) is 0.424. The molecule has 0 bridgehead atoms. The molecule has 0 unspecified atom stereocenters. The SMILES string of the molecule is CCc1cc(CC(=O)C2(CC)CCCC2)n(C)n1. The van der Waals surface area contributed by atoms with E-state index in [1.165, 1.54) is 12.8 Å². The van der Waals surface area contributed by atoms with Crippen molar-refractivity contribution in [3.8, 4) is 0 Å². The minimum absolute atomic E-state index is 0.0311. The van der Waals surface area contributed by atoms with Crippen molar-refractivity contribution >= 4 is 5.78 Å². The Kier molecular flexibility index (Phi) is 3.88. The van der Waals surface area contributed by atoms with Crippen LogP contribution < -0.4 is 0 Å². The molecular weight excluding hydrogens is 224 g/mol. The average molecular weight is 248 g/mol. The number of hydrogen-bond acceptors (Lipinski definition) is 2. The van der Waals surface area contributed by atoms with Gasteiger partial charge in [0.1, 0.15) is 5.78 Å². The summed E-state index contributed by atoms with van der Waals surface area (Å²) in [6.45, 7) is 4.25. The van der Waals surface area contributed by atoms with Crippen LogP contribution in [0.2, 0.25) is 0 Å². The van der Waals surface area contributed by atoms with Crippen LogP contribution in [0.1, 0.15) is 57.3 Å². The molecule has 0 spiro atoms. The van der Waals surface area contributed by atoms with Gasteiger partial charge >= 0.3 is 0 Å². The molecule has 1 aromatic rings. The van der Waals surface area contributed by atoms with Crippen molar-refractivity contribution in [2.24, 2.45) is 12.5 Å². The van der Waals surface area contributed by atoms with Crippen LogP contribution in [0.5, 0.6) is 0 Å². The maximum Gasteiger partial charge on any atom is 0.144 e. The number of rotatable bonds is 5. The fourth-order valence-electron chi connectivity index (χ4n) is 3.14. The van der Waals surface area contributed by atoms with Crippen molar-refractivity contribution in [1.29, 1.82) is 0 Å². The molecule has 0 aromatic carbocycles. The second-order valence-corrected chi connectivity index (χ2v) is 5.55. The van der Waals surface area contributed by atoms with E-state index in [4.69, 9.17) is 0 Å². The van der Waals surface area contributed by atoms with Crippen molar-refractivity contribution in [3.05, 3.63) is 17.5 Å². The molecule has 0 saturated heterocycles. The van der Waals surface area contributed by atoms with E-state index in [1.807, 2.05) is 11.7 Å². The quantitative estimate of drug-likeness (QED) is 0.802. The Balaban J connectivity index is 2.12. The van der Waals surface area contributed by atoms with E-state index in [-0.39, 0.29) is 5.41 Å². The number of ketones is 1. The minimum atomic E-state index is -0.0311. The molecule has 0 atom stereocenters. The normalized spacial score (nSPS) is 18.2. The summed E-state index contributed by atoms with van der Waals surface area (Å²) in [6, 6.07) is 2.08. The van der Waals surface area contributed by atoms with Gasteiger partial charge in [-0.15, -0.1) is 0 Å². The van der Waals surface area contributed by atoms with Crippen LogP contribution in [0.15, 0.2) is 6.07 Å². The van der Waals surface area contributed by atoms with Gasteiger partial charge in [-0.2, -0.15) is 5.10 Å². The topological polar surface area (TPSA) is 34.9 Å². The van der Waals surface area contributed by atoms with Gasteiger partial charge in [-0.1, -0.05) is 26.7 Å². The van der Waals surface area contributed by atoms with Crippen LogP contribution in [0, 0.1) is 5.41 Å². The number of carbonyl (C=O) groups is 1. The van der Waals surface area contributed by atoms with Crippen molar-refractivity contribution < 1.29 is 4.79 Å². The van der Waals surface area contributed by atoms with Crippen LogP contribution in [-0.2, 0) is 24.7 Å². The van der Waals surface area contributed by atoms with Crippen LogP contribution in [0.25, 0.3) is 0 Å². The van der Waals surface area contributed by atoms with Crippen LogP contribution in [0.4, 0.5) is 0 Å². The molecule has 1 heterocycles. The lowest BCUT2D eigenvalue weighted by Crippen LogP contribution is -2.29. The highest BCUT2D eigenvalue weighted by molar-refractivity contribution is 5.86. The number of carbonyl (C=O) groups excluding carboxylic acids is 1. The molecule has 0 N–H and O–H groups in total. The Morgan fingerprint density at radius 3 is 2.56 bits per heavy atom. The number of aryl methyl sites for hydroxylation is 2. The van der Waals surface area contributed by atoms with E-state index in [0.717, 1.165) is 37.1 Å². The summed E-state index contributed by atoms with van der Waals surface area (Å²) >= 11 is 0. The highest BCUT2D eigenvalue weighted by Crippen LogP contribution is 2.42. The third kappa shape index (κ3) is 2.36. The van der Waals surface area contributed by atoms with Gasteiger partial charge in [0.05, 0.1) is 5.69 Å². The van der Waals surface area contributed by atoms with Gasteiger partial charge in [-0.25, -0.2) is 0 Å². The third-order valence-corrected chi connectivity index (χ3v) is 4.56. The predicted molar refractivity (Wildman–Crippen MR) is 72.5 cm³/mol. The number of hydrogen-bond donors (Lipinski definition) is 0. The molecule has 2 rings (SSSR count). The molecule has 1 fully saturated rings. The lowest BCUT2D eigenvalue weighted by Gasteiger charge is -2.25. The van der Waals surface area contributed by atoms with Crippen molar-refractivity contribution in [2.45, 2.75) is 58.8 Å². The summed E-state index contributed by atoms with van der Waals surface area (Å²) in [5.41, 5.74) is 2.12. The smallest absolute Gasteiger partial charge is 0.144 e. The molecule has 3 nitrogen and oxygen atoms in total. The minimum Gasteiger partial charge on any atom is -0.299 e. The first-order valence-electron chi connectivity index (χ1n) is 7.16. The van der Waals surface area contributed by atoms with Crippen molar-refractivity contribution in [3.63, 3.8) is 0 Å². The van der Waals surface area contributed by atoms with Gasteiger partial charge in [0.2, 0.25) is 0 Å². The fraction of sp³-hybridized carbons (Fsp3) is 0.733. The molecule has 0 amide bonds. The summed E-state index contributed by atoms with van der Waals surface area (Å²) in [7, 11) is 1.94. The average Bonchev–Trinajstić information content (AvgIpc) is 2.97. The van der Waals surface area contributed by atoms with E-state index in [1.54, 1.807) is 0 Å². The monoisotopic (exact) mass is 248 g/mol. The number of Topliss-reactive ketones (excluding diaryl/α,β-unsaturated/α-hetero) is 1. The summed E-state index contributed by atoms with van der Waals surface area (Å²) in [6.07, 6.45) is 7.07. The van der Waals surface area contributed by atoms with Gasteiger partial charge in [-0.05, 0) is 31.7 Å². The summed E-state index contributed by atoms with van der Waals surface area (Å²) in [5, 5.41) is 4.42. The molecular formula is C15H24N2O. The van der Waals surface area contributed by atoms with Gasteiger partial charge in [0, 0.05) is 24.6 Å². The van der Waals surface area contributed by atoms with Crippen LogP contribution in [0.3, 0.4) is 0 Å². The number of aromatic nitrogens is 2. The predicted octanol–water partition coefficient (Wildman–Crippen LogP) is 3.06. The first kappa shape index (κ1) is 13.3.